The summed E-state index contributed by atoms with van der Waals surface area (Å²) in [5, 5.41) is 8.62. The van der Waals surface area contributed by atoms with Crippen LogP contribution in [0.5, 0.6) is 0 Å². The van der Waals surface area contributed by atoms with Gasteiger partial charge in [-0.2, -0.15) is 0 Å². The lowest BCUT2D eigenvalue weighted by Gasteiger charge is -2.10. The third-order valence-electron chi connectivity index (χ3n) is 0.842. The SMILES string of the molecule is C=C(O)C(N)C[S+](C)[O-]. The van der Waals surface area contributed by atoms with Crippen molar-refractivity contribution in [1.82, 2.24) is 0 Å². The van der Waals surface area contributed by atoms with E-state index in [1.165, 1.54) is 6.26 Å². The predicted octanol–water partition coefficient (Wildman–Crippen LogP) is -0.236. The summed E-state index contributed by atoms with van der Waals surface area (Å²) in [6.07, 6.45) is 1.53. The molecule has 4 heteroatoms. The molecule has 2 atom stereocenters. The van der Waals surface area contributed by atoms with Crippen molar-refractivity contribution in [3.8, 4) is 0 Å². The average Bonchev–Trinajstić information content (AvgIpc) is 1.63. The number of nitrogens with two attached hydrogens (primary N) is 1. The Balaban J connectivity index is 3.50. The summed E-state index contributed by atoms with van der Waals surface area (Å²) in [5.41, 5.74) is 5.27. The molecular formula is C5H11NO2S. The smallest absolute Gasteiger partial charge is 0.127 e. The third kappa shape index (κ3) is 4.32. The van der Waals surface area contributed by atoms with Crippen molar-refractivity contribution in [2.24, 2.45) is 5.73 Å². The topological polar surface area (TPSA) is 69.3 Å². The Morgan fingerprint density at radius 2 is 2.44 bits per heavy atom. The maximum absolute atomic E-state index is 10.4. The van der Waals surface area contributed by atoms with E-state index in [-0.39, 0.29) is 11.5 Å². The Hall–Kier alpha value is -0.190. The minimum Gasteiger partial charge on any atom is -0.616 e. The molecule has 54 valence electrons. The summed E-state index contributed by atoms with van der Waals surface area (Å²) in [7, 11) is 0. The van der Waals surface area contributed by atoms with E-state index in [0.29, 0.717) is 0 Å². The molecule has 0 rings (SSSR count). The molecule has 0 aromatic rings. The van der Waals surface area contributed by atoms with Gasteiger partial charge < -0.3 is 15.4 Å². The largest absolute Gasteiger partial charge is 0.616 e. The molecular weight excluding hydrogens is 138 g/mol. The molecule has 0 saturated heterocycles. The molecule has 3 N–H and O–H groups in total. The lowest BCUT2D eigenvalue weighted by Crippen LogP contribution is -2.30. The van der Waals surface area contributed by atoms with Crippen LogP contribution in [0.3, 0.4) is 0 Å². The van der Waals surface area contributed by atoms with E-state index in [1.54, 1.807) is 0 Å². The first-order valence-electron chi connectivity index (χ1n) is 2.47. The van der Waals surface area contributed by atoms with E-state index >= 15 is 0 Å². The van der Waals surface area contributed by atoms with Crippen molar-refractivity contribution in [3.63, 3.8) is 0 Å². The van der Waals surface area contributed by atoms with Crippen molar-refractivity contribution in [3.05, 3.63) is 12.3 Å². The molecule has 0 aromatic carbocycles. The normalized spacial score (nSPS) is 16.8. The van der Waals surface area contributed by atoms with Gasteiger partial charge in [0.15, 0.2) is 0 Å². The van der Waals surface area contributed by atoms with Gasteiger partial charge in [0.2, 0.25) is 0 Å². The lowest BCUT2D eigenvalue weighted by molar-refractivity contribution is 0.377. The van der Waals surface area contributed by atoms with E-state index in [4.69, 9.17) is 10.8 Å². The van der Waals surface area contributed by atoms with Crippen molar-refractivity contribution in [1.29, 1.82) is 0 Å². The second-order valence-corrected chi connectivity index (χ2v) is 3.32. The van der Waals surface area contributed by atoms with E-state index in [9.17, 15) is 4.55 Å². The standard InChI is InChI=1S/C5H11NO2S/c1-4(7)5(6)3-9(2)8/h5,7H,1,3,6H2,2H3. The highest BCUT2D eigenvalue weighted by Gasteiger charge is 2.10. The highest BCUT2D eigenvalue weighted by molar-refractivity contribution is 7.90. The Morgan fingerprint density at radius 1 is 2.00 bits per heavy atom. The van der Waals surface area contributed by atoms with Gasteiger partial charge in [-0.05, 0) is 0 Å². The average molecular weight is 149 g/mol. The highest BCUT2D eigenvalue weighted by Crippen LogP contribution is 1.94. The molecule has 0 fully saturated rings. The van der Waals surface area contributed by atoms with Crippen molar-refractivity contribution >= 4 is 11.2 Å². The Morgan fingerprint density at radius 3 is 2.56 bits per heavy atom. The van der Waals surface area contributed by atoms with E-state index in [0.717, 1.165) is 0 Å². The van der Waals surface area contributed by atoms with Crippen molar-refractivity contribution < 1.29 is 9.66 Å². The summed E-state index contributed by atoms with van der Waals surface area (Å²) in [4.78, 5) is 0. The van der Waals surface area contributed by atoms with Crippen molar-refractivity contribution in [2.75, 3.05) is 12.0 Å². The number of rotatable bonds is 3. The highest BCUT2D eigenvalue weighted by atomic mass is 32.2. The molecule has 0 aliphatic carbocycles. The van der Waals surface area contributed by atoms with Crippen LogP contribution in [0, 0.1) is 0 Å². The van der Waals surface area contributed by atoms with Gasteiger partial charge in [0, 0.05) is 0 Å². The minimum absolute atomic E-state index is 0.106. The van der Waals surface area contributed by atoms with Gasteiger partial charge in [0.05, 0.1) is 6.26 Å². The zero-order valence-corrected chi connectivity index (χ0v) is 6.15. The number of aliphatic hydroxyl groups excluding tert-OH is 1. The summed E-state index contributed by atoms with van der Waals surface area (Å²) < 4.78 is 10.4. The van der Waals surface area contributed by atoms with Crippen molar-refractivity contribution in [2.45, 2.75) is 6.04 Å². The van der Waals surface area contributed by atoms with Gasteiger partial charge in [-0.15, -0.1) is 0 Å². The molecule has 0 aliphatic rings. The zero-order chi connectivity index (χ0) is 7.44. The van der Waals surface area contributed by atoms with Gasteiger partial charge in [-0.25, -0.2) is 0 Å². The van der Waals surface area contributed by atoms with Crippen LogP contribution in [0.1, 0.15) is 0 Å². The second-order valence-electron chi connectivity index (χ2n) is 1.84. The lowest BCUT2D eigenvalue weighted by atomic mass is 10.3. The molecule has 9 heavy (non-hydrogen) atoms. The molecule has 0 amide bonds. The van der Waals surface area contributed by atoms with Gasteiger partial charge in [-0.3, -0.25) is 0 Å². The van der Waals surface area contributed by atoms with Gasteiger partial charge >= 0.3 is 0 Å². The Labute approximate surface area is 57.7 Å². The fraction of sp³-hybridized carbons (Fsp3) is 0.600. The molecule has 0 aliphatic heterocycles. The van der Waals surface area contributed by atoms with E-state index in [2.05, 4.69) is 6.58 Å². The predicted molar refractivity (Wildman–Crippen MR) is 38.7 cm³/mol. The first-order valence-corrected chi connectivity index (χ1v) is 4.20. The summed E-state index contributed by atoms with van der Waals surface area (Å²) in [5.74, 6) is 0.167. The van der Waals surface area contributed by atoms with E-state index < -0.39 is 17.2 Å². The fourth-order valence-corrected chi connectivity index (χ4v) is 1.05. The second kappa shape index (κ2) is 3.76. The molecule has 0 bridgehead atoms. The van der Waals surface area contributed by atoms with E-state index in [1.807, 2.05) is 0 Å². The summed E-state index contributed by atoms with van der Waals surface area (Å²) >= 11 is -0.962. The maximum atomic E-state index is 10.4. The quantitative estimate of drug-likeness (QED) is 0.430. The van der Waals surface area contributed by atoms with Gasteiger partial charge in [-0.1, -0.05) is 17.8 Å². The molecule has 0 aromatic heterocycles. The summed E-state index contributed by atoms with van der Waals surface area (Å²) in [6.45, 7) is 3.20. The minimum atomic E-state index is -0.962. The molecule has 0 saturated carbocycles. The van der Waals surface area contributed by atoms with Crippen LogP contribution in [0.2, 0.25) is 0 Å². The number of hydrogen-bond acceptors (Lipinski definition) is 3. The van der Waals surface area contributed by atoms with Gasteiger partial charge in [0.25, 0.3) is 0 Å². The third-order valence-corrected chi connectivity index (χ3v) is 1.67. The summed E-state index contributed by atoms with van der Waals surface area (Å²) in [6, 6.07) is -0.546. The first-order chi connectivity index (χ1) is 4.04. The monoisotopic (exact) mass is 149 g/mol. The Bertz CT molecular complexity index is 105. The maximum Gasteiger partial charge on any atom is 0.127 e. The van der Waals surface area contributed by atoms with Gasteiger partial charge in [0.1, 0.15) is 17.6 Å². The van der Waals surface area contributed by atoms with Crippen LogP contribution < -0.4 is 5.73 Å². The fourth-order valence-electron chi connectivity index (χ4n) is 0.349. The van der Waals surface area contributed by atoms with Crippen LogP contribution in [-0.4, -0.2) is 27.7 Å². The van der Waals surface area contributed by atoms with Crippen LogP contribution in [0.15, 0.2) is 12.3 Å². The van der Waals surface area contributed by atoms with Crippen LogP contribution in [0.4, 0.5) is 0 Å². The number of aliphatic hydroxyl groups is 1. The van der Waals surface area contributed by atoms with Crippen LogP contribution >= 0.6 is 0 Å². The molecule has 3 nitrogen and oxygen atoms in total. The molecule has 0 radical (unpaired) electrons. The number of hydrogen-bond donors (Lipinski definition) is 2. The molecule has 2 unspecified atom stereocenters. The molecule has 0 heterocycles. The Kier molecular flexibility index (Phi) is 3.68. The zero-order valence-electron chi connectivity index (χ0n) is 5.33. The molecule has 0 spiro atoms. The van der Waals surface area contributed by atoms with Crippen LogP contribution in [0.25, 0.3) is 0 Å². The van der Waals surface area contributed by atoms with Crippen LogP contribution in [-0.2, 0) is 11.2 Å². The first kappa shape index (κ1) is 8.81.